The van der Waals surface area contributed by atoms with Crippen LogP contribution in [0.5, 0.6) is 0 Å². The number of hydrogen-bond acceptors (Lipinski definition) is 4. The minimum Gasteiger partial charge on any atom is -0.370 e. The van der Waals surface area contributed by atoms with Crippen molar-refractivity contribution in [2.45, 2.75) is 32.5 Å². The molecule has 2 aliphatic heterocycles. The van der Waals surface area contributed by atoms with E-state index in [0.717, 1.165) is 24.2 Å². The van der Waals surface area contributed by atoms with Gasteiger partial charge in [-0.1, -0.05) is 18.4 Å². The standard InChI is InChI=1S/C17H25BClN3O2/c1-18-13-11-16(14(19)12-15(13)22(23)24)21-9-5-17(6-10-21)3-7-20(2)8-4-17/h11-12,18H,3-10H2,1-2H3. The van der Waals surface area contributed by atoms with E-state index in [1.54, 1.807) is 0 Å². The van der Waals surface area contributed by atoms with Gasteiger partial charge in [0.1, 0.15) is 0 Å². The van der Waals surface area contributed by atoms with Crippen LogP contribution in [0.2, 0.25) is 11.8 Å². The Kier molecular flexibility index (Phi) is 5.07. The third kappa shape index (κ3) is 3.40. The van der Waals surface area contributed by atoms with Crippen LogP contribution in [-0.4, -0.2) is 50.3 Å². The monoisotopic (exact) mass is 349 g/mol. The third-order valence-electron chi connectivity index (χ3n) is 5.94. The first-order valence-corrected chi connectivity index (χ1v) is 9.22. The number of nitro groups is 1. The Morgan fingerprint density at radius 3 is 2.29 bits per heavy atom. The second-order valence-corrected chi connectivity index (χ2v) is 7.74. The number of hydrogen-bond donors (Lipinski definition) is 0. The molecule has 130 valence electrons. The molecule has 0 amide bonds. The van der Waals surface area contributed by atoms with Crippen molar-refractivity contribution in [3.63, 3.8) is 0 Å². The normalized spacial score (nSPS) is 21.0. The minimum atomic E-state index is -0.335. The van der Waals surface area contributed by atoms with Gasteiger partial charge in [0, 0.05) is 19.2 Å². The molecule has 2 heterocycles. The van der Waals surface area contributed by atoms with Gasteiger partial charge in [0.2, 0.25) is 0 Å². The highest BCUT2D eigenvalue weighted by atomic mass is 35.5. The highest BCUT2D eigenvalue weighted by Crippen LogP contribution is 2.42. The maximum absolute atomic E-state index is 11.2. The maximum atomic E-state index is 11.2. The maximum Gasteiger partial charge on any atom is 0.265 e. The van der Waals surface area contributed by atoms with Crippen molar-refractivity contribution in [2.24, 2.45) is 5.41 Å². The summed E-state index contributed by atoms with van der Waals surface area (Å²) in [5.41, 5.74) is 2.35. The van der Waals surface area contributed by atoms with Gasteiger partial charge >= 0.3 is 0 Å². The van der Waals surface area contributed by atoms with Gasteiger partial charge in [-0.25, -0.2) is 0 Å². The Labute approximate surface area is 149 Å². The lowest BCUT2D eigenvalue weighted by Crippen LogP contribution is -2.46. The molecule has 0 radical (unpaired) electrons. The molecule has 5 nitrogen and oxygen atoms in total. The Balaban J connectivity index is 1.76. The first kappa shape index (κ1) is 17.6. The third-order valence-corrected chi connectivity index (χ3v) is 6.24. The zero-order valence-electron chi connectivity index (χ0n) is 14.6. The fourth-order valence-corrected chi connectivity index (χ4v) is 4.38. The van der Waals surface area contributed by atoms with Crippen LogP contribution in [0.4, 0.5) is 11.4 Å². The van der Waals surface area contributed by atoms with Crippen molar-refractivity contribution in [3.05, 3.63) is 27.3 Å². The number of piperidine rings is 2. The summed E-state index contributed by atoms with van der Waals surface area (Å²) < 4.78 is 0. The summed E-state index contributed by atoms with van der Waals surface area (Å²) in [7, 11) is 2.84. The molecule has 1 aromatic carbocycles. The van der Waals surface area contributed by atoms with Crippen molar-refractivity contribution >= 4 is 35.7 Å². The number of likely N-dealkylation sites (tertiary alicyclic amines) is 1. The van der Waals surface area contributed by atoms with E-state index in [1.165, 1.54) is 44.8 Å². The van der Waals surface area contributed by atoms with Crippen LogP contribution in [0, 0.1) is 15.5 Å². The average molecular weight is 350 g/mol. The fourth-order valence-electron chi connectivity index (χ4n) is 4.10. The molecule has 0 N–H and O–H groups in total. The molecule has 3 rings (SSSR count). The highest BCUT2D eigenvalue weighted by Gasteiger charge is 2.37. The molecule has 7 heteroatoms. The smallest absolute Gasteiger partial charge is 0.265 e. The van der Waals surface area contributed by atoms with E-state index in [-0.39, 0.29) is 10.6 Å². The van der Waals surface area contributed by atoms with E-state index >= 15 is 0 Å². The number of nitrogens with zero attached hydrogens (tertiary/aromatic N) is 3. The van der Waals surface area contributed by atoms with Gasteiger partial charge in [0.25, 0.3) is 5.69 Å². The molecule has 1 spiro atoms. The summed E-state index contributed by atoms with van der Waals surface area (Å²) in [5.74, 6) is 0. The molecule has 0 saturated carbocycles. The Hall–Kier alpha value is -1.27. The molecule has 2 aliphatic rings. The summed E-state index contributed by atoms with van der Waals surface area (Å²) in [6.07, 6.45) is 4.95. The van der Waals surface area contributed by atoms with Crippen LogP contribution >= 0.6 is 11.6 Å². The van der Waals surface area contributed by atoms with Crippen molar-refractivity contribution < 1.29 is 4.92 Å². The van der Waals surface area contributed by atoms with Crippen molar-refractivity contribution in [1.29, 1.82) is 0 Å². The molecule has 24 heavy (non-hydrogen) atoms. The summed E-state index contributed by atoms with van der Waals surface area (Å²) >= 11 is 6.38. The minimum absolute atomic E-state index is 0.134. The van der Waals surface area contributed by atoms with E-state index in [2.05, 4.69) is 16.8 Å². The van der Waals surface area contributed by atoms with Gasteiger partial charge in [0.05, 0.1) is 15.6 Å². The first-order valence-electron chi connectivity index (χ1n) is 8.84. The molecule has 1 aromatic rings. The molecule has 0 bridgehead atoms. The largest absolute Gasteiger partial charge is 0.370 e. The Morgan fingerprint density at radius 1 is 1.17 bits per heavy atom. The summed E-state index contributed by atoms with van der Waals surface area (Å²) in [5, 5.41) is 11.7. The molecule has 0 atom stereocenters. The molecule has 2 fully saturated rings. The van der Waals surface area contributed by atoms with E-state index in [0.29, 0.717) is 17.7 Å². The van der Waals surface area contributed by atoms with Gasteiger partial charge < -0.3 is 9.80 Å². The lowest BCUT2D eigenvalue weighted by Gasteiger charge is -2.47. The fraction of sp³-hybridized carbons (Fsp3) is 0.647. The molecule has 2 saturated heterocycles. The van der Waals surface area contributed by atoms with Gasteiger partial charge in [-0.15, -0.1) is 0 Å². The lowest BCUT2D eigenvalue weighted by molar-refractivity contribution is -0.383. The zero-order valence-corrected chi connectivity index (χ0v) is 15.3. The molecule has 0 unspecified atom stereocenters. The Bertz CT molecular complexity index is 623. The van der Waals surface area contributed by atoms with Crippen molar-refractivity contribution in [2.75, 3.05) is 38.1 Å². The van der Waals surface area contributed by atoms with Gasteiger partial charge in [0.15, 0.2) is 7.28 Å². The van der Waals surface area contributed by atoms with Crippen LogP contribution in [-0.2, 0) is 0 Å². The van der Waals surface area contributed by atoms with Crippen LogP contribution < -0.4 is 10.4 Å². The van der Waals surface area contributed by atoms with Crippen LogP contribution in [0.25, 0.3) is 0 Å². The zero-order chi connectivity index (χ0) is 17.3. The van der Waals surface area contributed by atoms with Gasteiger partial charge in [-0.05, 0) is 62.8 Å². The molecule has 0 aromatic heterocycles. The summed E-state index contributed by atoms with van der Waals surface area (Å²) in [6, 6.07) is 3.45. The second-order valence-electron chi connectivity index (χ2n) is 7.33. The molecule has 0 aliphatic carbocycles. The van der Waals surface area contributed by atoms with E-state index in [1.807, 2.05) is 12.9 Å². The quantitative estimate of drug-likeness (QED) is 0.478. The first-order chi connectivity index (χ1) is 11.4. The average Bonchev–Trinajstić information content (AvgIpc) is 2.58. The van der Waals surface area contributed by atoms with Crippen LogP contribution in [0.1, 0.15) is 25.7 Å². The molecular weight excluding hydrogens is 324 g/mol. The summed E-state index contributed by atoms with van der Waals surface area (Å²) in [4.78, 5) is 15.6. The Morgan fingerprint density at radius 2 is 1.75 bits per heavy atom. The number of rotatable bonds is 3. The predicted molar refractivity (Wildman–Crippen MR) is 101 cm³/mol. The topological polar surface area (TPSA) is 49.6 Å². The van der Waals surface area contributed by atoms with Gasteiger partial charge in [-0.2, -0.15) is 0 Å². The van der Waals surface area contributed by atoms with Crippen molar-refractivity contribution in [1.82, 2.24) is 4.90 Å². The van der Waals surface area contributed by atoms with Crippen LogP contribution in [0.3, 0.4) is 0 Å². The summed E-state index contributed by atoms with van der Waals surface area (Å²) in [6.45, 7) is 6.31. The number of anilines is 1. The highest BCUT2D eigenvalue weighted by molar-refractivity contribution is 6.54. The number of nitro benzene ring substituents is 1. The number of benzene rings is 1. The lowest BCUT2D eigenvalue weighted by atomic mass is 9.70. The number of halogens is 1. The van der Waals surface area contributed by atoms with Gasteiger partial charge in [-0.3, -0.25) is 10.1 Å². The predicted octanol–water partition coefficient (Wildman–Crippen LogP) is 2.67. The SMILES string of the molecule is CBc1cc(N2CCC3(CCN(C)CC3)CC2)c(Cl)cc1[N+](=O)[O-]. The van der Waals surface area contributed by atoms with Crippen molar-refractivity contribution in [3.8, 4) is 0 Å². The second kappa shape index (κ2) is 6.92. The van der Waals surface area contributed by atoms with E-state index in [9.17, 15) is 10.1 Å². The molecular formula is C17H25BClN3O2. The van der Waals surface area contributed by atoms with E-state index in [4.69, 9.17) is 11.6 Å². The van der Waals surface area contributed by atoms with E-state index < -0.39 is 0 Å². The van der Waals surface area contributed by atoms with Crippen LogP contribution in [0.15, 0.2) is 12.1 Å².